The molecular formula is C22H25ClF3N3O3. The standard InChI is InChI=1S/C22H25ClF3N3O3/c1-3-32-21(31)19-13(2)11-27-29(19)12-14-7-9-15(10-8-14)28-20(30)16-5-4-6-17(18(16)23)22(24,25)26/h4-6,11,14-15H,3,7-10,12H2,1-2H3,(H,28,30). The number of benzene rings is 1. The highest BCUT2D eigenvalue weighted by Crippen LogP contribution is 2.36. The van der Waals surface area contributed by atoms with Gasteiger partial charge in [0.05, 0.1) is 29.0 Å². The molecule has 1 saturated carbocycles. The van der Waals surface area contributed by atoms with Crippen molar-refractivity contribution in [3.8, 4) is 0 Å². The lowest BCUT2D eigenvalue weighted by molar-refractivity contribution is -0.137. The molecule has 3 rings (SSSR count). The summed E-state index contributed by atoms with van der Waals surface area (Å²) in [4.78, 5) is 24.7. The molecule has 1 aliphatic rings. The lowest BCUT2D eigenvalue weighted by atomic mass is 9.86. The molecule has 0 radical (unpaired) electrons. The van der Waals surface area contributed by atoms with E-state index >= 15 is 0 Å². The monoisotopic (exact) mass is 471 g/mol. The molecule has 2 aromatic rings. The first-order valence-electron chi connectivity index (χ1n) is 10.5. The molecule has 1 amide bonds. The van der Waals surface area contributed by atoms with Gasteiger partial charge in [0.2, 0.25) is 0 Å². The number of amides is 1. The number of nitrogens with zero attached hydrogens (tertiary/aromatic N) is 2. The average molecular weight is 472 g/mol. The van der Waals surface area contributed by atoms with E-state index in [0.29, 0.717) is 25.1 Å². The maximum Gasteiger partial charge on any atom is 0.417 e. The zero-order valence-corrected chi connectivity index (χ0v) is 18.6. The molecule has 10 heteroatoms. The molecule has 1 aromatic heterocycles. The van der Waals surface area contributed by atoms with Gasteiger partial charge in [-0.2, -0.15) is 18.3 Å². The van der Waals surface area contributed by atoms with Gasteiger partial charge in [-0.15, -0.1) is 0 Å². The molecule has 1 N–H and O–H groups in total. The van der Waals surface area contributed by atoms with Crippen molar-refractivity contribution in [2.75, 3.05) is 6.61 Å². The van der Waals surface area contributed by atoms with Crippen LogP contribution in [0, 0.1) is 12.8 Å². The van der Waals surface area contributed by atoms with Crippen molar-refractivity contribution >= 4 is 23.5 Å². The first-order chi connectivity index (χ1) is 15.1. The van der Waals surface area contributed by atoms with Crippen molar-refractivity contribution in [2.45, 2.75) is 58.3 Å². The number of hydrogen-bond acceptors (Lipinski definition) is 4. The van der Waals surface area contributed by atoms with Gasteiger partial charge in [0, 0.05) is 18.2 Å². The summed E-state index contributed by atoms with van der Waals surface area (Å²) in [6.07, 6.45) is -0.0928. The third-order valence-electron chi connectivity index (χ3n) is 5.65. The Morgan fingerprint density at radius 2 is 1.94 bits per heavy atom. The fourth-order valence-corrected chi connectivity index (χ4v) is 4.33. The zero-order valence-electron chi connectivity index (χ0n) is 17.8. The van der Waals surface area contributed by atoms with E-state index in [-0.39, 0.29) is 24.1 Å². The van der Waals surface area contributed by atoms with Gasteiger partial charge in [-0.3, -0.25) is 9.48 Å². The summed E-state index contributed by atoms with van der Waals surface area (Å²) in [7, 11) is 0. The average Bonchev–Trinajstić information content (AvgIpc) is 3.09. The van der Waals surface area contributed by atoms with Crippen LogP contribution in [-0.4, -0.2) is 34.3 Å². The summed E-state index contributed by atoms with van der Waals surface area (Å²) >= 11 is 5.86. The quantitative estimate of drug-likeness (QED) is 0.600. The molecule has 1 aliphatic carbocycles. The van der Waals surface area contributed by atoms with Crippen molar-refractivity contribution < 1.29 is 27.5 Å². The number of alkyl halides is 3. The molecule has 0 aliphatic heterocycles. The van der Waals surface area contributed by atoms with Gasteiger partial charge in [-0.05, 0) is 57.6 Å². The molecule has 1 fully saturated rings. The van der Waals surface area contributed by atoms with Gasteiger partial charge in [0.25, 0.3) is 5.91 Å². The van der Waals surface area contributed by atoms with Crippen molar-refractivity contribution in [1.82, 2.24) is 15.1 Å². The molecule has 1 aromatic carbocycles. The van der Waals surface area contributed by atoms with Crippen LogP contribution in [0.5, 0.6) is 0 Å². The van der Waals surface area contributed by atoms with Crippen LogP contribution in [-0.2, 0) is 17.5 Å². The predicted octanol–water partition coefficient (Wildman–Crippen LogP) is 5.03. The lowest BCUT2D eigenvalue weighted by Gasteiger charge is -2.29. The van der Waals surface area contributed by atoms with Crippen LogP contribution in [0.2, 0.25) is 5.02 Å². The third kappa shape index (κ3) is 5.43. The molecule has 0 atom stereocenters. The third-order valence-corrected chi connectivity index (χ3v) is 6.06. The minimum Gasteiger partial charge on any atom is -0.461 e. The van der Waals surface area contributed by atoms with Gasteiger partial charge in [0.15, 0.2) is 0 Å². The van der Waals surface area contributed by atoms with Gasteiger partial charge in [-0.25, -0.2) is 4.79 Å². The second kappa shape index (κ2) is 9.94. The summed E-state index contributed by atoms with van der Waals surface area (Å²) in [6.45, 7) is 4.39. The number of aryl methyl sites for hydroxylation is 1. The van der Waals surface area contributed by atoms with E-state index in [2.05, 4.69) is 10.4 Å². The van der Waals surface area contributed by atoms with Gasteiger partial charge in [0.1, 0.15) is 5.69 Å². The molecule has 0 saturated heterocycles. The number of nitrogens with one attached hydrogen (secondary N) is 1. The maximum absolute atomic E-state index is 13.0. The number of rotatable bonds is 6. The van der Waals surface area contributed by atoms with Crippen LogP contribution >= 0.6 is 11.6 Å². The highest BCUT2D eigenvalue weighted by molar-refractivity contribution is 6.34. The van der Waals surface area contributed by atoms with Crippen molar-refractivity contribution in [3.05, 3.63) is 51.8 Å². The normalized spacial score (nSPS) is 18.9. The summed E-state index contributed by atoms with van der Waals surface area (Å²) in [5.41, 5.74) is -0.0130. The zero-order chi connectivity index (χ0) is 23.5. The minimum absolute atomic E-state index is 0.159. The highest BCUT2D eigenvalue weighted by Gasteiger charge is 2.35. The van der Waals surface area contributed by atoms with Crippen LogP contribution in [0.1, 0.15) is 64.6 Å². The largest absolute Gasteiger partial charge is 0.461 e. The number of carbonyl (C=O) groups excluding carboxylic acids is 2. The minimum atomic E-state index is -4.63. The Bertz CT molecular complexity index is 983. The van der Waals surface area contributed by atoms with Gasteiger partial charge in [-0.1, -0.05) is 17.7 Å². The number of halogens is 4. The maximum atomic E-state index is 13.0. The molecule has 0 spiro atoms. The second-order valence-corrected chi connectivity index (χ2v) is 8.31. The predicted molar refractivity (Wildman–Crippen MR) is 113 cm³/mol. The second-order valence-electron chi connectivity index (χ2n) is 7.93. The van der Waals surface area contributed by atoms with Crippen LogP contribution in [0.4, 0.5) is 13.2 Å². The Hall–Kier alpha value is -2.55. The van der Waals surface area contributed by atoms with Crippen molar-refractivity contribution in [1.29, 1.82) is 0 Å². The number of aromatic nitrogens is 2. The summed E-state index contributed by atoms with van der Waals surface area (Å²) in [5.74, 6) is -0.758. The van der Waals surface area contributed by atoms with Crippen LogP contribution in [0.15, 0.2) is 24.4 Å². The molecular weight excluding hydrogens is 447 g/mol. The van der Waals surface area contributed by atoms with Gasteiger partial charge >= 0.3 is 12.1 Å². The Kier molecular flexibility index (Phi) is 7.48. The fourth-order valence-electron chi connectivity index (χ4n) is 4.01. The van der Waals surface area contributed by atoms with E-state index in [4.69, 9.17) is 16.3 Å². The molecule has 0 unspecified atom stereocenters. The van der Waals surface area contributed by atoms with Crippen molar-refractivity contribution in [2.24, 2.45) is 5.92 Å². The Morgan fingerprint density at radius 3 is 2.56 bits per heavy atom. The molecule has 0 bridgehead atoms. The van der Waals surface area contributed by atoms with Crippen LogP contribution in [0.3, 0.4) is 0 Å². The molecule has 32 heavy (non-hydrogen) atoms. The van der Waals surface area contributed by atoms with E-state index < -0.39 is 28.6 Å². The smallest absolute Gasteiger partial charge is 0.417 e. The highest BCUT2D eigenvalue weighted by atomic mass is 35.5. The number of carbonyl (C=O) groups is 2. The van der Waals surface area contributed by atoms with E-state index in [0.717, 1.165) is 24.5 Å². The van der Waals surface area contributed by atoms with Gasteiger partial charge < -0.3 is 10.1 Å². The van der Waals surface area contributed by atoms with Crippen molar-refractivity contribution in [3.63, 3.8) is 0 Å². The van der Waals surface area contributed by atoms with Crippen LogP contribution in [0.25, 0.3) is 0 Å². The first kappa shape index (κ1) is 24.1. The Morgan fingerprint density at radius 1 is 1.25 bits per heavy atom. The fraction of sp³-hybridized carbons (Fsp3) is 0.500. The molecule has 1 heterocycles. The summed E-state index contributed by atoms with van der Waals surface area (Å²) in [6, 6.07) is 3.16. The van der Waals surface area contributed by atoms with E-state index in [9.17, 15) is 22.8 Å². The SMILES string of the molecule is CCOC(=O)c1c(C)cnn1CC1CCC(NC(=O)c2cccc(C(F)(F)F)c2Cl)CC1. The lowest BCUT2D eigenvalue weighted by Crippen LogP contribution is -2.38. The number of ether oxygens (including phenoxy) is 1. The number of esters is 1. The van der Waals surface area contributed by atoms with E-state index in [1.54, 1.807) is 24.7 Å². The van der Waals surface area contributed by atoms with E-state index in [1.807, 2.05) is 0 Å². The number of hydrogen-bond donors (Lipinski definition) is 1. The molecule has 6 nitrogen and oxygen atoms in total. The Labute approximate surface area is 189 Å². The summed E-state index contributed by atoms with van der Waals surface area (Å²) < 4.78 is 45.9. The first-order valence-corrected chi connectivity index (χ1v) is 10.9. The molecule has 174 valence electrons. The van der Waals surface area contributed by atoms with Crippen LogP contribution < -0.4 is 5.32 Å². The Balaban J connectivity index is 1.59. The topological polar surface area (TPSA) is 73.2 Å². The van der Waals surface area contributed by atoms with E-state index in [1.165, 1.54) is 12.1 Å². The summed E-state index contributed by atoms with van der Waals surface area (Å²) in [5, 5.41) is 6.51.